The van der Waals surface area contributed by atoms with Crippen LogP contribution >= 0.6 is 23.4 Å². The Morgan fingerprint density at radius 1 is 1.62 bits per heavy atom. The second-order valence-corrected chi connectivity index (χ2v) is 4.70. The Kier molecular flexibility index (Phi) is 5.24. The Labute approximate surface area is 105 Å². The zero-order valence-corrected chi connectivity index (χ0v) is 10.5. The summed E-state index contributed by atoms with van der Waals surface area (Å²) >= 11 is 7.47. The van der Waals surface area contributed by atoms with Gasteiger partial charge in [0.15, 0.2) is 0 Å². The molecule has 1 rings (SSSR count). The van der Waals surface area contributed by atoms with Crippen molar-refractivity contribution in [1.29, 1.82) is 0 Å². The average molecular weight is 254 g/mol. The lowest BCUT2D eigenvalue weighted by Crippen LogP contribution is -2.24. The van der Waals surface area contributed by atoms with Crippen LogP contribution in [0, 0.1) is 12.3 Å². The van der Waals surface area contributed by atoms with Crippen molar-refractivity contribution in [1.82, 2.24) is 5.32 Å². The Hall–Kier alpha value is -1.11. The van der Waals surface area contributed by atoms with Crippen molar-refractivity contribution in [3.63, 3.8) is 0 Å². The average Bonchev–Trinajstić information content (AvgIpc) is 2.26. The van der Waals surface area contributed by atoms with Gasteiger partial charge >= 0.3 is 0 Å². The Bertz CT molecular complexity index is 426. The van der Waals surface area contributed by atoms with Gasteiger partial charge < -0.3 is 5.32 Å². The third kappa shape index (κ3) is 3.48. The molecule has 0 aliphatic rings. The maximum atomic E-state index is 11.7. The van der Waals surface area contributed by atoms with Crippen LogP contribution in [0.1, 0.15) is 17.3 Å². The molecule has 0 fully saturated rings. The smallest absolute Gasteiger partial charge is 0.253 e. The van der Waals surface area contributed by atoms with E-state index in [2.05, 4.69) is 11.2 Å². The van der Waals surface area contributed by atoms with Crippen LogP contribution in [-0.4, -0.2) is 18.2 Å². The van der Waals surface area contributed by atoms with Gasteiger partial charge in [0.25, 0.3) is 5.91 Å². The molecule has 0 saturated carbocycles. The van der Waals surface area contributed by atoms with Crippen LogP contribution in [-0.2, 0) is 0 Å². The van der Waals surface area contributed by atoms with Crippen LogP contribution in [0.25, 0.3) is 0 Å². The number of hydrogen-bond donors (Lipinski definition) is 1. The zero-order valence-electron chi connectivity index (χ0n) is 8.92. The fourth-order valence-corrected chi connectivity index (χ4v) is 2.26. The van der Waals surface area contributed by atoms with Gasteiger partial charge in [-0.3, -0.25) is 4.79 Å². The molecule has 4 heteroatoms. The van der Waals surface area contributed by atoms with Crippen LogP contribution in [0.5, 0.6) is 0 Å². The highest BCUT2D eigenvalue weighted by Crippen LogP contribution is 2.26. The molecule has 1 N–H and O–H groups in total. The first-order valence-electron chi connectivity index (χ1n) is 4.83. The van der Waals surface area contributed by atoms with E-state index in [1.165, 1.54) is 0 Å². The predicted octanol–water partition coefficient (Wildman–Crippen LogP) is 2.82. The number of amides is 1. The van der Waals surface area contributed by atoms with Crippen molar-refractivity contribution in [3.05, 3.63) is 28.8 Å². The lowest BCUT2D eigenvalue weighted by molar-refractivity contribution is 0.0956. The fourth-order valence-electron chi connectivity index (χ4n) is 1.19. The summed E-state index contributed by atoms with van der Waals surface area (Å²) in [4.78, 5) is 12.6. The summed E-state index contributed by atoms with van der Waals surface area (Å²) in [5, 5.41) is 3.26. The third-order valence-corrected chi connectivity index (χ3v) is 3.01. The van der Waals surface area contributed by atoms with Gasteiger partial charge in [-0.05, 0) is 24.0 Å². The molecule has 1 aromatic rings. The molecule has 0 unspecified atom stereocenters. The molecule has 0 aromatic heterocycles. The van der Waals surface area contributed by atoms with Crippen LogP contribution in [0.4, 0.5) is 0 Å². The molecular weight excluding hydrogens is 242 g/mol. The molecule has 0 aliphatic heterocycles. The molecular formula is C12H12ClNOS. The first-order valence-corrected chi connectivity index (χ1v) is 6.19. The fraction of sp³-hybridized carbons (Fsp3) is 0.250. The molecule has 84 valence electrons. The number of rotatable bonds is 4. The number of nitrogens with one attached hydrogen (secondary N) is 1. The highest BCUT2D eigenvalue weighted by atomic mass is 35.5. The van der Waals surface area contributed by atoms with E-state index in [4.69, 9.17) is 18.0 Å². The maximum Gasteiger partial charge on any atom is 0.253 e. The number of carbonyl (C=O) groups excluding carboxylic acids is 1. The third-order valence-electron chi connectivity index (χ3n) is 1.84. The number of halogens is 1. The van der Waals surface area contributed by atoms with Crippen molar-refractivity contribution in [2.75, 3.05) is 12.3 Å². The van der Waals surface area contributed by atoms with E-state index in [0.717, 1.165) is 10.6 Å². The van der Waals surface area contributed by atoms with E-state index >= 15 is 0 Å². The molecule has 0 aliphatic carbocycles. The monoisotopic (exact) mass is 253 g/mol. The lowest BCUT2D eigenvalue weighted by Gasteiger charge is -2.08. The van der Waals surface area contributed by atoms with Crippen LogP contribution in [0.15, 0.2) is 23.1 Å². The first kappa shape index (κ1) is 13.0. The van der Waals surface area contributed by atoms with E-state index in [1.54, 1.807) is 30.0 Å². The predicted molar refractivity (Wildman–Crippen MR) is 69.0 cm³/mol. The highest BCUT2D eigenvalue weighted by Gasteiger charge is 2.10. The summed E-state index contributed by atoms with van der Waals surface area (Å²) in [6, 6.07) is 5.21. The van der Waals surface area contributed by atoms with Gasteiger partial charge in [-0.2, -0.15) is 0 Å². The lowest BCUT2D eigenvalue weighted by atomic mass is 10.2. The zero-order chi connectivity index (χ0) is 12.0. The second kappa shape index (κ2) is 6.47. The highest BCUT2D eigenvalue weighted by molar-refractivity contribution is 7.99. The van der Waals surface area contributed by atoms with Crippen molar-refractivity contribution in [2.24, 2.45) is 0 Å². The SMILES string of the molecule is C#CCNC(=O)c1ccc(Cl)cc1SCC. The number of carbonyl (C=O) groups is 1. The quantitative estimate of drug-likeness (QED) is 0.660. The molecule has 1 aromatic carbocycles. The summed E-state index contributed by atoms with van der Waals surface area (Å²) in [5.74, 6) is 3.09. The molecule has 0 bridgehead atoms. The van der Waals surface area contributed by atoms with Crippen LogP contribution in [0.2, 0.25) is 5.02 Å². The molecule has 2 nitrogen and oxygen atoms in total. The molecule has 0 heterocycles. The molecule has 1 amide bonds. The van der Waals surface area contributed by atoms with Gasteiger partial charge in [0.2, 0.25) is 0 Å². The van der Waals surface area contributed by atoms with Crippen molar-refractivity contribution in [2.45, 2.75) is 11.8 Å². The van der Waals surface area contributed by atoms with Gasteiger partial charge in [0.05, 0.1) is 12.1 Å². The van der Waals surface area contributed by atoms with Crippen molar-refractivity contribution >= 4 is 29.3 Å². The van der Waals surface area contributed by atoms with E-state index < -0.39 is 0 Å². The summed E-state index contributed by atoms with van der Waals surface area (Å²) in [5.41, 5.74) is 0.617. The van der Waals surface area contributed by atoms with Gasteiger partial charge in [0, 0.05) is 9.92 Å². The standard InChI is InChI=1S/C12H12ClNOS/c1-3-7-14-12(15)10-6-5-9(13)8-11(10)16-4-2/h1,5-6,8H,4,7H2,2H3,(H,14,15). The van der Waals surface area contributed by atoms with Crippen molar-refractivity contribution in [3.8, 4) is 12.3 Å². The second-order valence-electron chi connectivity index (χ2n) is 2.96. The van der Waals surface area contributed by atoms with Gasteiger partial charge in [-0.25, -0.2) is 0 Å². The molecule has 16 heavy (non-hydrogen) atoms. The minimum atomic E-state index is -0.162. The molecule has 0 saturated heterocycles. The molecule has 0 atom stereocenters. The van der Waals surface area contributed by atoms with Crippen molar-refractivity contribution < 1.29 is 4.79 Å². The maximum absolute atomic E-state index is 11.7. The van der Waals surface area contributed by atoms with Gasteiger partial charge in [-0.1, -0.05) is 24.4 Å². The summed E-state index contributed by atoms with van der Waals surface area (Å²) < 4.78 is 0. The summed E-state index contributed by atoms with van der Waals surface area (Å²) in [6.07, 6.45) is 5.08. The van der Waals surface area contributed by atoms with Crippen LogP contribution < -0.4 is 5.32 Å². The number of benzene rings is 1. The Morgan fingerprint density at radius 2 is 2.38 bits per heavy atom. The van der Waals surface area contributed by atoms with E-state index in [1.807, 2.05) is 6.92 Å². The molecule has 0 radical (unpaired) electrons. The minimum absolute atomic E-state index is 0.162. The Morgan fingerprint density at radius 3 is 3.00 bits per heavy atom. The summed E-state index contributed by atoms with van der Waals surface area (Å²) in [6.45, 7) is 2.26. The number of thioether (sulfide) groups is 1. The van der Waals surface area contributed by atoms with Gasteiger partial charge in [0.1, 0.15) is 0 Å². The minimum Gasteiger partial charge on any atom is -0.341 e. The largest absolute Gasteiger partial charge is 0.341 e. The first-order chi connectivity index (χ1) is 7.69. The number of terminal acetylenes is 1. The van der Waals surface area contributed by atoms with E-state index in [9.17, 15) is 4.79 Å². The molecule has 0 spiro atoms. The van der Waals surface area contributed by atoms with E-state index in [0.29, 0.717) is 10.6 Å². The van der Waals surface area contributed by atoms with Crippen LogP contribution in [0.3, 0.4) is 0 Å². The normalized spacial score (nSPS) is 9.56. The Balaban J connectivity index is 2.94. The number of hydrogen-bond acceptors (Lipinski definition) is 2. The van der Waals surface area contributed by atoms with Gasteiger partial charge in [-0.15, -0.1) is 18.2 Å². The topological polar surface area (TPSA) is 29.1 Å². The van der Waals surface area contributed by atoms with E-state index in [-0.39, 0.29) is 12.5 Å². The summed E-state index contributed by atoms with van der Waals surface area (Å²) in [7, 11) is 0.